The van der Waals surface area contributed by atoms with Crippen molar-refractivity contribution in [2.24, 2.45) is 0 Å². The number of nitrogens with zero attached hydrogens (tertiary/aromatic N) is 1. The van der Waals surface area contributed by atoms with Crippen LogP contribution in [-0.4, -0.2) is 9.97 Å². The SMILES string of the molecule is Cc1cc(-c2ncco2)ccc1-c1ccc2[nH]c(-c3c(F)cccc3Cl)cc2c1. The fraction of sp³-hybridized carbons (Fsp3) is 0.0417. The lowest BCUT2D eigenvalue weighted by Gasteiger charge is -2.08. The van der Waals surface area contributed by atoms with Crippen molar-refractivity contribution in [1.29, 1.82) is 0 Å². The van der Waals surface area contributed by atoms with E-state index in [1.807, 2.05) is 18.2 Å². The monoisotopic (exact) mass is 402 g/mol. The molecule has 0 saturated carbocycles. The molecule has 0 atom stereocenters. The number of oxazole rings is 1. The number of aryl methyl sites for hydroxylation is 1. The number of benzene rings is 3. The molecule has 2 aromatic heterocycles. The summed E-state index contributed by atoms with van der Waals surface area (Å²) in [5.74, 6) is 0.259. The van der Waals surface area contributed by atoms with Crippen LogP contribution in [0.1, 0.15) is 5.56 Å². The predicted molar refractivity (Wildman–Crippen MR) is 114 cm³/mol. The lowest BCUT2D eigenvalue weighted by atomic mass is 9.97. The molecule has 29 heavy (non-hydrogen) atoms. The molecule has 0 aliphatic carbocycles. The van der Waals surface area contributed by atoms with Crippen molar-refractivity contribution in [2.45, 2.75) is 6.92 Å². The normalized spacial score (nSPS) is 11.3. The first kappa shape index (κ1) is 17.7. The lowest BCUT2D eigenvalue weighted by Crippen LogP contribution is -1.86. The van der Waals surface area contributed by atoms with Gasteiger partial charge in [0.1, 0.15) is 12.1 Å². The molecule has 0 spiro atoms. The minimum Gasteiger partial charge on any atom is -0.445 e. The summed E-state index contributed by atoms with van der Waals surface area (Å²) >= 11 is 6.22. The van der Waals surface area contributed by atoms with Crippen LogP contribution in [0.4, 0.5) is 4.39 Å². The number of fused-ring (bicyclic) bond motifs is 1. The molecule has 0 fully saturated rings. The van der Waals surface area contributed by atoms with Crippen molar-refractivity contribution in [2.75, 3.05) is 0 Å². The molecule has 0 radical (unpaired) electrons. The summed E-state index contributed by atoms with van der Waals surface area (Å²) in [7, 11) is 0. The summed E-state index contributed by atoms with van der Waals surface area (Å²) in [6.45, 7) is 2.06. The van der Waals surface area contributed by atoms with Crippen LogP contribution >= 0.6 is 11.6 Å². The summed E-state index contributed by atoms with van der Waals surface area (Å²) in [6, 6.07) is 18.9. The molecular weight excluding hydrogens is 387 g/mol. The summed E-state index contributed by atoms with van der Waals surface area (Å²) in [4.78, 5) is 7.47. The fourth-order valence-corrected chi connectivity index (χ4v) is 3.94. The molecule has 2 heterocycles. The van der Waals surface area contributed by atoms with Crippen molar-refractivity contribution in [3.05, 3.63) is 89.5 Å². The van der Waals surface area contributed by atoms with Crippen LogP contribution in [-0.2, 0) is 0 Å². The van der Waals surface area contributed by atoms with Crippen LogP contribution in [0.25, 0.3) is 44.7 Å². The molecule has 1 N–H and O–H groups in total. The van der Waals surface area contributed by atoms with E-state index in [9.17, 15) is 4.39 Å². The molecule has 5 aromatic rings. The van der Waals surface area contributed by atoms with Gasteiger partial charge in [0.05, 0.1) is 22.5 Å². The largest absolute Gasteiger partial charge is 0.445 e. The van der Waals surface area contributed by atoms with Gasteiger partial charge in [0, 0.05) is 16.5 Å². The Morgan fingerprint density at radius 2 is 1.86 bits per heavy atom. The third-order valence-corrected chi connectivity index (χ3v) is 5.38. The van der Waals surface area contributed by atoms with Crippen LogP contribution in [0.3, 0.4) is 0 Å². The van der Waals surface area contributed by atoms with E-state index in [1.54, 1.807) is 24.6 Å². The predicted octanol–water partition coefficient (Wildman–Crippen LogP) is 7.26. The van der Waals surface area contributed by atoms with Gasteiger partial charge in [-0.15, -0.1) is 0 Å². The van der Waals surface area contributed by atoms with Gasteiger partial charge in [0.25, 0.3) is 0 Å². The highest BCUT2D eigenvalue weighted by molar-refractivity contribution is 6.33. The first-order valence-corrected chi connectivity index (χ1v) is 9.56. The molecule has 3 aromatic carbocycles. The maximum absolute atomic E-state index is 14.3. The highest BCUT2D eigenvalue weighted by Gasteiger charge is 2.13. The molecule has 0 amide bonds. The number of nitrogens with one attached hydrogen (secondary N) is 1. The van der Waals surface area contributed by atoms with Gasteiger partial charge < -0.3 is 9.40 Å². The molecule has 3 nitrogen and oxygen atoms in total. The Hall–Kier alpha value is -3.37. The first-order valence-electron chi connectivity index (χ1n) is 9.18. The summed E-state index contributed by atoms with van der Waals surface area (Å²) in [6.07, 6.45) is 3.20. The zero-order valence-corrected chi connectivity index (χ0v) is 16.3. The zero-order valence-electron chi connectivity index (χ0n) is 15.5. The minimum atomic E-state index is -0.345. The molecule has 0 aliphatic heterocycles. The highest BCUT2D eigenvalue weighted by Crippen LogP contribution is 2.34. The van der Waals surface area contributed by atoms with E-state index < -0.39 is 0 Å². The van der Waals surface area contributed by atoms with Gasteiger partial charge in [-0.1, -0.05) is 29.8 Å². The standard InChI is InChI=1S/C24H16ClFN2O/c1-14-11-16(24-27-9-10-29-24)5-7-18(14)15-6-8-21-17(12-15)13-22(28-21)23-19(25)3-2-4-20(23)26/h2-13,28H,1H3. The summed E-state index contributed by atoms with van der Waals surface area (Å²) in [5, 5.41) is 1.38. The molecule has 142 valence electrons. The van der Waals surface area contributed by atoms with Crippen LogP contribution in [0.5, 0.6) is 0 Å². The molecular formula is C24H16ClFN2O. The van der Waals surface area contributed by atoms with Gasteiger partial charge in [-0.25, -0.2) is 9.37 Å². The van der Waals surface area contributed by atoms with E-state index in [2.05, 4.69) is 41.2 Å². The Kier molecular flexibility index (Phi) is 4.22. The second kappa shape index (κ2) is 6.90. The average molecular weight is 403 g/mol. The van der Waals surface area contributed by atoms with Crippen molar-refractivity contribution in [1.82, 2.24) is 9.97 Å². The smallest absolute Gasteiger partial charge is 0.225 e. The molecule has 0 saturated heterocycles. The number of hydrogen-bond donors (Lipinski definition) is 1. The van der Waals surface area contributed by atoms with Crippen LogP contribution in [0.15, 0.2) is 77.5 Å². The van der Waals surface area contributed by atoms with Crippen LogP contribution < -0.4 is 0 Å². The number of hydrogen-bond acceptors (Lipinski definition) is 2. The van der Waals surface area contributed by atoms with E-state index in [1.165, 1.54) is 6.07 Å². The number of H-pyrrole nitrogens is 1. The second-order valence-corrected chi connectivity index (χ2v) is 7.36. The summed E-state index contributed by atoms with van der Waals surface area (Å²) in [5.41, 5.74) is 6.24. The van der Waals surface area contributed by atoms with Crippen LogP contribution in [0, 0.1) is 12.7 Å². The molecule has 0 unspecified atom stereocenters. The number of aromatic nitrogens is 2. The minimum absolute atomic E-state index is 0.345. The zero-order chi connectivity index (χ0) is 20.0. The number of halogens is 2. The molecule has 5 rings (SSSR count). The van der Waals surface area contributed by atoms with Crippen molar-refractivity contribution < 1.29 is 8.81 Å². The molecule has 0 aliphatic rings. The Labute approximate surface area is 171 Å². The Morgan fingerprint density at radius 3 is 2.62 bits per heavy atom. The van der Waals surface area contributed by atoms with E-state index in [-0.39, 0.29) is 5.82 Å². The lowest BCUT2D eigenvalue weighted by molar-refractivity contribution is 0.574. The van der Waals surface area contributed by atoms with Gasteiger partial charge >= 0.3 is 0 Å². The van der Waals surface area contributed by atoms with Crippen molar-refractivity contribution in [3.63, 3.8) is 0 Å². The third kappa shape index (κ3) is 3.12. The maximum atomic E-state index is 14.3. The van der Waals surface area contributed by atoms with Crippen molar-refractivity contribution >= 4 is 22.5 Å². The third-order valence-electron chi connectivity index (χ3n) is 5.07. The first-order chi connectivity index (χ1) is 14.1. The van der Waals surface area contributed by atoms with E-state index in [0.717, 1.165) is 33.2 Å². The van der Waals surface area contributed by atoms with E-state index >= 15 is 0 Å². The Morgan fingerprint density at radius 1 is 1.00 bits per heavy atom. The van der Waals surface area contributed by atoms with Gasteiger partial charge in [0.15, 0.2) is 0 Å². The van der Waals surface area contributed by atoms with Gasteiger partial charge in [0.2, 0.25) is 5.89 Å². The van der Waals surface area contributed by atoms with Gasteiger partial charge in [-0.2, -0.15) is 0 Å². The highest BCUT2D eigenvalue weighted by atomic mass is 35.5. The fourth-order valence-electron chi connectivity index (χ4n) is 3.68. The topological polar surface area (TPSA) is 41.8 Å². The van der Waals surface area contributed by atoms with Crippen molar-refractivity contribution in [3.8, 4) is 33.8 Å². The Balaban J connectivity index is 1.57. The van der Waals surface area contributed by atoms with Crippen LogP contribution in [0.2, 0.25) is 5.02 Å². The second-order valence-electron chi connectivity index (χ2n) is 6.95. The van der Waals surface area contributed by atoms with E-state index in [0.29, 0.717) is 22.2 Å². The molecule has 0 bridgehead atoms. The number of rotatable bonds is 3. The molecule has 5 heteroatoms. The van der Waals surface area contributed by atoms with Gasteiger partial charge in [-0.05, 0) is 66.1 Å². The number of aromatic amines is 1. The Bertz CT molecular complexity index is 1320. The quantitative estimate of drug-likeness (QED) is 0.345. The maximum Gasteiger partial charge on any atom is 0.225 e. The average Bonchev–Trinajstić information content (AvgIpc) is 3.37. The van der Waals surface area contributed by atoms with E-state index in [4.69, 9.17) is 16.0 Å². The van der Waals surface area contributed by atoms with Gasteiger partial charge in [-0.3, -0.25) is 0 Å². The summed E-state index contributed by atoms with van der Waals surface area (Å²) < 4.78 is 19.7.